The molecule has 3 nitrogen and oxygen atoms in total. The highest BCUT2D eigenvalue weighted by molar-refractivity contribution is 5.62. The van der Waals surface area contributed by atoms with Gasteiger partial charge in [-0.1, -0.05) is 104 Å². The molecule has 0 saturated heterocycles. The Bertz CT molecular complexity index is 1600. The smallest absolute Gasteiger partial charge is 0.0705 e. The first-order valence-electron chi connectivity index (χ1n) is 14.5. The van der Waals surface area contributed by atoms with Crippen LogP contribution in [0, 0.1) is 0 Å². The number of hydrogen-bond donors (Lipinski definition) is 0. The molecule has 3 heterocycles. The molecule has 0 amide bonds. The van der Waals surface area contributed by atoms with E-state index < -0.39 is 0 Å². The second-order valence-corrected chi connectivity index (χ2v) is 11.4. The molecule has 3 heteroatoms. The third kappa shape index (κ3) is 5.64. The number of pyridine rings is 3. The molecule has 0 aliphatic heterocycles. The second-order valence-electron chi connectivity index (χ2n) is 11.4. The third-order valence-corrected chi connectivity index (χ3v) is 8.45. The summed E-state index contributed by atoms with van der Waals surface area (Å²) >= 11 is 0. The lowest BCUT2D eigenvalue weighted by molar-refractivity contribution is 0.542. The van der Waals surface area contributed by atoms with E-state index in [-0.39, 0.29) is 10.8 Å². The average Bonchev–Trinajstić information content (AvgIpc) is 3.06. The highest BCUT2D eigenvalue weighted by atomic mass is 14.8. The molecule has 3 aromatic carbocycles. The van der Waals surface area contributed by atoms with Gasteiger partial charge in [0.25, 0.3) is 0 Å². The molecule has 6 aromatic rings. The lowest BCUT2D eigenvalue weighted by Crippen LogP contribution is -2.28. The summed E-state index contributed by atoms with van der Waals surface area (Å²) in [5, 5.41) is 0. The first-order valence-corrected chi connectivity index (χ1v) is 14.5. The zero-order valence-corrected chi connectivity index (χ0v) is 24.2. The van der Waals surface area contributed by atoms with Crippen molar-refractivity contribution in [2.45, 2.75) is 37.5 Å². The molecule has 0 N–H and O–H groups in total. The Balaban J connectivity index is 1.42. The van der Waals surface area contributed by atoms with Crippen molar-refractivity contribution in [3.8, 4) is 11.3 Å². The molecule has 0 radical (unpaired) electrons. The van der Waals surface area contributed by atoms with Gasteiger partial charge in [0, 0.05) is 53.0 Å². The molecular formula is C39H35N3. The van der Waals surface area contributed by atoms with Crippen molar-refractivity contribution in [2.24, 2.45) is 0 Å². The van der Waals surface area contributed by atoms with Gasteiger partial charge in [-0.15, -0.1) is 0 Å². The van der Waals surface area contributed by atoms with Gasteiger partial charge in [-0.05, 0) is 66.1 Å². The number of nitrogens with zero attached hydrogens (tertiary/aromatic N) is 3. The Kier molecular flexibility index (Phi) is 7.74. The molecule has 0 saturated carbocycles. The molecule has 6 rings (SSSR count). The van der Waals surface area contributed by atoms with E-state index in [1.165, 1.54) is 16.7 Å². The predicted molar refractivity (Wildman–Crippen MR) is 171 cm³/mol. The van der Waals surface area contributed by atoms with Gasteiger partial charge in [-0.3, -0.25) is 15.0 Å². The summed E-state index contributed by atoms with van der Waals surface area (Å²) < 4.78 is 0. The molecule has 0 aliphatic rings. The Hall–Kier alpha value is -4.89. The Morgan fingerprint density at radius 3 is 1.60 bits per heavy atom. The first-order chi connectivity index (χ1) is 20.5. The van der Waals surface area contributed by atoms with E-state index >= 15 is 0 Å². The van der Waals surface area contributed by atoms with Gasteiger partial charge >= 0.3 is 0 Å². The maximum absolute atomic E-state index is 5.33. The predicted octanol–water partition coefficient (Wildman–Crippen LogP) is 8.64. The summed E-state index contributed by atoms with van der Waals surface area (Å²) in [5.41, 5.74) is 8.33. The fourth-order valence-corrected chi connectivity index (χ4v) is 5.98. The van der Waals surface area contributed by atoms with Gasteiger partial charge in [0.15, 0.2) is 0 Å². The molecule has 42 heavy (non-hydrogen) atoms. The van der Waals surface area contributed by atoms with Crippen molar-refractivity contribution in [2.75, 3.05) is 0 Å². The number of hydrogen-bond acceptors (Lipinski definition) is 3. The highest BCUT2D eigenvalue weighted by Gasteiger charge is 2.32. The van der Waals surface area contributed by atoms with E-state index in [0.29, 0.717) is 0 Å². The number of rotatable bonds is 9. The fraction of sp³-hybridized carbons (Fsp3) is 0.154. The Morgan fingerprint density at radius 1 is 0.476 bits per heavy atom. The SMILES string of the molecule is CC(Cc1ccccn1)(c1ccccc1)c1cccc(-c2cccc(C(C)(Cc3ccccn3)c3ccccc3)n2)c1. The van der Waals surface area contributed by atoms with Crippen LogP contribution in [-0.2, 0) is 23.7 Å². The average molecular weight is 546 g/mol. The van der Waals surface area contributed by atoms with Crippen LogP contribution in [0.25, 0.3) is 11.3 Å². The van der Waals surface area contributed by atoms with Gasteiger partial charge in [0.2, 0.25) is 0 Å². The van der Waals surface area contributed by atoms with Gasteiger partial charge in [0.05, 0.1) is 11.4 Å². The number of benzene rings is 3. The van der Waals surface area contributed by atoms with E-state index in [0.717, 1.165) is 41.2 Å². The molecule has 0 bridgehead atoms. The van der Waals surface area contributed by atoms with Crippen LogP contribution in [0.3, 0.4) is 0 Å². The van der Waals surface area contributed by atoms with Crippen molar-refractivity contribution in [3.05, 3.63) is 186 Å². The number of aromatic nitrogens is 3. The normalized spacial score (nSPS) is 14.0. The fourth-order valence-electron chi connectivity index (χ4n) is 5.98. The minimum Gasteiger partial charge on any atom is -0.261 e. The summed E-state index contributed by atoms with van der Waals surface area (Å²) in [6, 6.07) is 48.9. The molecule has 3 aromatic heterocycles. The molecule has 0 fully saturated rings. The molecule has 0 spiro atoms. The van der Waals surface area contributed by atoms with Crippen LogP contribution < -0.4 is 0 Å². The standard InChI is InChI=1S/C39H35N3/c1-38(31-16-5-3-6-17-31,28-34-21-9-11-25-40-34)33-20-13-15-30(27-33)36-23-14-24-37(42-36)39(2,32-18-7-4-8-19-32)29-35-22-10-12-26-41-35/h3-27H,28-29H2,1-2H3. The van der Waals surface area contributed by atoms with Crippen molar-refractivity contribution < 1.29 is 0 Å². The van der Waals surface area contributed by atoms with Crippen molar-refractivity contribution in [3.63, 3.8) is 0 Å². The molecular weight excluding hydrogens is 510 g/mol. The molecule has 2 atom stereocenters. The van der Waals surface area contributed by atoms with Crippen molar-refractivity contribution >= 4 is 0 Å². The van der Waals surface area contributed by atoms with Crippen LogP contribution in [0.5, 0.6) is 0 Å². The quantitative estimate of drug-likeness (QED) is 0.182. The van der Waals surface area contributed by atoms with E-state index in [9.17, 15) is 0 Å². The van der Waals surface area contributed by atoms with Crippen LogP contribution in [0.1, 0.15) is 47.6 Å². The van der Waals surface area contributed by atoms with E-state index in [2.05, 4.69) is 151 Å². The summed E-state index contributed by atoms with van der Waals surface area (Å²) in [6.45, 7) is 4.60. The van der Waals surface area contributed by atoms with Gasteiger partial charge in [-0.25, -0.2) is 0 Å². The van der Waals surface area contributed by atoms with Crippen LogP contribution in [-0.4, -0.2) is 15.0 Å². The zero-order valence-electron chi connectivity index (χ0n) is 24.2. The Morgan fingerprint density at radius 2 is 1.00 bits per heavy atom. The van der Waals surface area contributed by atoms with Crippen LogP contribution >= 0.6 is 0 Å². The summed E-state index contributed by atoms with van der Waals surface area (Å²) in [6.07, 6.45) is 5.29. The van der Waals surface area contributed by atoms with Gasteiger partial charge in [-0.2, -0.15) is 0 Å². The lowest BCUT2D eigenvalue weighted by Gasteiger charge is -2.32. The maximum Gasteiger partial charge on any atom is 0.0705 e. The Labute approximate surface area is 249 Å². The summed E-state index contributed by atoms with van der Waals surface area (Å²) in [7, 11) is 0. The van der Waals surface area contributed by atoms with Gasteiger partial charge < -0.3 is 0 Å². The summed E-state index contributed by atoms with van der Waals surface area (Å²) in [4.78, 5) is 14.7. The van der Waals surface area contributed by atoms with E-state index in [1.807, 2.05) is 24.5 Å². The molecule has 0 aliphatic carbocycles. The van der Waals surface area contributed by atoms with Crippen LogP contribution in [0.15, 0.2) is 152 Å². The van der Waals surface area contributed by atoms with E-state index in [4.69, 9.17) is 4.98 Å². The minimum atomic E-state index is -0.346. The topological polar surface area (TPSA) is 38.7 Å². The third-order valence-electron chi connectivity index (χ3n) is 8.45. The molecule has 2 unspecified atom stereocenters. The van der Waals surface area contributed by atoms with Crippen LogP contribution in [0.4, 0.5) is 0 Å². The monoisotopic (exact) mass is 545 g/mol. The molecule has 206 valence electrons. The van der Waals surface area contributed by atoms with Crippen LogP contribution in [0.2, 0.25) is 0 Å². The lowest BCUT2D eigenvalue weighted by atomic mass is 9.72. The highest BCUT2D eigenvalue weighted by Crippen LogP contribution is 2.38. The maximum atomic E-state index is 5.33. The van der Waals surface area contributed by atoms with Gasteiger partial charge in [0.1, 0.15) is 0 Å². The van der Waals surface area contributed by atoms with Crippen molar-refractivity contribution in [1.29, 1.82) is 0 Å². The largest absolute Gasteiger partial charge is 0.261 e. The minimum absolute atomic E-state index is 0.263. The first kappa shape index (κ1) is 27.3. The second kappa shape index (κ2) is 11.9. The van der Waals surface area contributed by atoms with Crippen molar-refractivity contribution in [1.82, 2.24) is 15.0 Å². The van der Waals surface area contributed by atoms with E-state index in [1.54, 1.807) is 0 Å². The summed E-state index contributed by atoms with van der Waals surface area (Å²) in [5.74, 6) is 0. The zero-order chi connectivity index (χ0) is 28.8.